The lowest BCUT2D eigenvalue weighted by molar-refractivity contribution is 0.0893. The Labute approximate surface area is 143 Å². The van der Waals surface area contributed by atoms with Crippen LogP contribution in [0, 0.1) is 5.92 Å². The van der Waals surface area contributed by atoms with Gasteiger partial charge in [-0.05, 0) is 42.2 Å². The van der Waals surface area contributed by atoms with Gasteiger partial charge in [-0.1, -0.05) is 0 Å². The van der Waals surface area contributed by atoms with E-state index >= 15 is 0 Å². The van der Waals surface area contributed by atoms with E-state index in [4.69, 9.17) is 14.5 Å². The van der Waals surface area contributed by atoms with E-state index in [1.54, 1.807) is 11.3 Å². The van der Waals surface area contributed by atoms with E-state index < -0.39 is 0 Å². The van der Waals surface area contributed by atoms with Crippen LogP contribution in [0.15, 0.2) is 21.8 Å². The van der Waals surface area contributed by atoms with Gasteiger partial charge in [-0.15, -0.1) is 0 Å². The second-order valence-electron chi connectivity index (χ2n) is 5.88. The highest BCUT2D eigenvalue weighted by Crippen LogP contribution is 2.12. The van der Waals surface area contributed by atoms with Crippen LogP contribution in [-0.2, 0) is 16.0 Å². The number of rotatable bonds is 9. The van der Waals surface area contributed by atoms with Crippen LogP contribution in [0.4, 0.5) is 0 Å². The number of guanidine groups is 1. The number of ether oxygens (including phenoxy) is 2. The molecule has 1 N–H and O–H groups in total. The summed E-state index contributed by atoms with van der Waals surface area (Å²) in [5, 5.41) is 7.64. The summed E-state index contributed by atoms with van der Waals surface area (Å²) in [6.07, 6.45) is 2.09. The van der Waals surface area contributed by atoms with Crippen LogP contribution in [0.5, 0.6) is 0 Å². The van der Waals surface area contributed by atoms with Crippen LogP contribution in [0.3, 0.4) is 0 Å². The average molecular weight is 340 g/mol. The maximum absolute atomic E-state index is 5.72. The highest BCUT2D eigenvalue weighted by Gasteiger charge is 2.15. The second kappa shape index (κ2) is 10.6. The summed E-state index contributed by atoms with van der Waals surface area (Å²) in [4.78, 5) is 6.86. The Balaban J connectivity index is 1.65. The van der Waals surface area contributed by atoms with Gasteiger partial charge in [0.25, 0.3) is 0 Å². The highest BCUT2D eigenvalue weighted by molar-refractivity contribution is 7.07. The molecule has 0 aromatic carbocycles. The number of aliphatic imine (C=N–C) groups is 1. The molecule has 0 radical (unpaired) electrons. The van der Waals surface area contributed by atoms with Gasteiger partial charge in [0.2, 0.25) is 0 Å². The van der Waals surface area contributed by atoms with Crippen molar-refractivity contribution in [3.05, 3.63) is 22.4 Å². The quantitative estimate of drug-likeness (QED) is 0.427. The van der Waals surface area contributed by atoms with Crippen LogP contribution in [0.1, 0.15) is 25.3 Å². The predicted molar refractivity (Wildman–Crippen MR) is 96.1 cm³/mol. The van der Waals surface area contributed by atoms with E-state index in [0.717, 1.165) is 64.9 Å². The molecule has 0 amide bonds. The van der Waals surface area contributed by atoms with E-state index in [1.165, 1.54) is 5.56 Å². The van der Waals surface area contributed by atoms with Gasteiger partial charge >= 0.3 is 0 Å². The minimum atomic E-state index is 0.590. The van der Waals surface area contributed by atoms with Gasteiger partial charge in [0.05, 0.1) is 13.2 Å². The van der Waals surface area contributed by atoms with Crippen molar-refractivity contribution in [2.75, 3.05) is 46.6 Å². The number of nitrogens with one attached hydrogen (secondary N) is 1. The van der Waals surface area contributed by atoms with Crippen LogP contribution < -0.4 is 5.32 Å². The lowest BCUT2D eigenvalue weighted by Crippen LogP contribution is -2.38. The van der Waals surface area contributed by atoms with Crippen molar-refractivity contribution >= 4 is 17.3 Å². The van der Waals surface area contributed by atoms with Crippen molar-refractivity contribution in [1.82, 2.24) is 10.2 Å². The molecular formula is C17H29N3O2S. The second-order valence-corrected chi connectivity index (χ2v) is 6.66. The molecule has 1 aromatic rings. The highest BCUT2D eigenvalue weighted by atomic mass is 32.1. The monoisotopic (exact) mass is 339 g/mol. The van der Waals surface area contributed by atoms with Crippen molar-refractivity contribution in [3.63, 3.8) is 0 Å². The van der Waals surface area contributed by atoms with Gasteiger partial charge in [0.15, 0.2) is 5.96 Å². The summed E-state index contributed by atoms with van der Waals surface area (Å²) < 4.78 is 11.1. The molecule has 1 atom stereocenters. The van der Waals surface area contributed by atoms with Crippen molar-refractivity contribution in [2.24, 2.45) is 10.9 Å². The van der Waals surface area contributed by atoms with Crippen molar-refractivity contribution in [1.29, 1.82) is 0 Å². The lowest BCUT2D eigenvalue weighted by atomic mass is 10.1. The van der Waals surface area contributed by atoms with Crippen molar-refractivity contribution in [3.8, 4) is 0 Å². The zero-order valence-electron chi connectivity index (χ0n) is 14.3. The Morgan fingerprint density at radius 3 is 3.17 bits per heavy atom. The van der Waals surface area contributed by atoms with Gasteiger partial charge in [0.1, 0.15) is 0 Å². The van der Waals surface area contributed by atoms with Gasteiger partial charge in [-0.3, -0.25) is 4.99 Å². The number of hydrogen-bond donors (Lipinski definition) is 1. The molecule has 0 spiro atoms. The molecule has 0 bridgehead atoms. The molecule has 1 saturated heterocycles. The maximum Gasteiger partial charge on any atom is 0.193 e. The molecule has 23 heavy (non-hydrogen) atoms. The van der Waals surface area contributed by atoms with E-state index in [1.807, 2.05) is 0 Å². The van der Waals surface area contributed by atoms with Crippen LogP contribution in [0.2, 0.25) is 0 Å². The molecular weight excluding hydrogens is 310 g/mol. The maximum atomic E-state index is 5.72. The van der Waals surface area contributed by atoms with Gasteiger partial charge in [0, 0.05) is 45.8 Å². The zero-order valence-corrected chi connectivity index (χ0v) is 15.1. The molecule has 0 aliphatic carbocycles. The number of nitrogens with zero attached hydrogens (tertiary/aromatic N) is 2. The third-order valence-electron chi connectivity index (χ3n) is 3.78. The lowest BCUT2D eigenvalue weighted by Gasteiger charge is -2.21. The third-order valence-corrected chi connectivity index (χ3v) is 4.51. The third kappa shape index (κ3) is 6.89. The summed E-state index contributed by atoms with van der Waals surface area (Å²) in [5.41, 5.74) is 1.32. The first-order chi connectivity index (χ1) is 11.3. The van der Waals surface area contributed by atoms with Crippen LogP contribution in [0.25, 0.3) is 0 Å². The molecule has 5 nitrogen and oxygen atoms in total. The van der Waals surface area contributed by atoms with E-state index in [-0.39, 0.29) is 0 Å². The molecule has 2 rings (SSSR count). The Morgan fingerprint density at radius 2 is 2.48 bits per heavy atom. The minimum Gasteiger partial charge on any atom is -0.381 e. The Hall–Kier alpha value is -1.11. The molecule has 1 unspecified atom stereocenters. The normalized spacial score (nSPS) is 18.3. The van der Waals surface area contributed by atoms with E-state index in [2.05, 4.69) is 41.0 Å². The van der Waals surface area contributed by atoms with Crippen molar-refractivity contribution < 1.29 is 9.47 Å². The fraction of sp³-hybridized carbons (Fsp3) is 0.706. The molecule has 1 aliphatic heterocycles. The minimum absolute atomic E-state index is 0.590. The first-order valence-corrected chi connectivity index (χ1v) is 9.40. The standard InChI is InChI=1S/C17H29N3O2S/c1-3-18-17(20(2)11-15-6-10-23-14-15)19-7-4-8-21-12-16-5-9-22-13-16/h6,10,14,16H,3-5,7-9,11-13H2,1-2H3,(H,18,19). The number of thiophene rings is 1. The Bertz CT molecular complexity index is 445. The average Bonchev–Trinajstić information content (AvgIpc) is 3.23. The molecule has 1 aromatic heterocycles. The Kier molecular flexibility index (Phi) is 8.42. The summed E-state index contributed by atoms with van der Waals surface area (Å²) in [6.45, 7) is 7.99. The van der Waals surface area contributed by atoms with Gasteiger partial charge in [-0.25, -0.2) is 0 Å². The van der Waals surface area contributed by atoms with E-state index in [0.29, 0.717) is 5.92 Å². The predicted octanol–water partition coefficient (Wildman–Crippen LogP) is 2.59. The van der Waals surface area contributed by atoms with Gasteiger partial charge in [-0.2, -0.15) is 11.3 Å². The summed E-state index contributed by atoms with van der Waals surface area (Å²) in [5.74, 6) is 1.55. The largest absolute Gasteiger partial charge is 0.381 e. The smallest absolute Gasteiger partial charge is 0.193 e. The fourth-order valence-electron chi connectivity index (χ4n) is 2.52. The van der Waals surface area contributed by atoms with Crippen molar-refractivity contribution in [2.45, 2.75) is 26.3 Å². The zero-order chi connectivity index (χ0) is 16.3. The summed E-state index contributed by atoms with van der Waals surface area (Å²) in [6, 6.07) is 2.16. The SMILES string of the molecule is CCNC(=NCCCOCC1CCOC1)N(C)Cc1ccsc1. The molecule has 1 aliphatic rings. The first-order valence-electron chi connectivity index (χ1n) is 8.45. The summed E-state index contributed by atoms with van der Waals surface area (Å²) in [7, 11) is 2.08. The topological polar surface area (TPSA) is 46.1 Å². The molecule has 1 fully saturated rings. The number of hydrogen-bond acceptors (Lipinski definition) is 4. The van der Waals surface area contributed by atoms with Gasteiger partial charge < -0.3 is 19.7 Å². The van der Waals surface area contributed by atoms with Crippen LogP contribution in [-0.4, -0.2) is 57.4 Å². The summed E-state index contributed by atoms with van der Waals surface area (Å²) >= 11 is 1.73. The molecule has 130 valence electrons. The fourth-order valence-corrected chi connectivity index (χ4v) is 3.18. The molecule has 6 heteroatoms. The first kappa shape index (κ1) is 18.2. The van der Waals surface area contributed by atoms with E-state index in [9.17, 15) is 0 Å². The Morgan fingerprint density at radius 1 is 1.57 bits per heavy atom. The molecule has 0 saturated carbocycles. The molecule has 2 heterocycles. The van der Waals surface area contributed by atoms with Crippen LogP contribution >= 0.6 is 11.3 Å².